The van der Waals surface area contributed by atoms with Crippen molar-refractivity contribution in [3.05, 3.63) is 71.0 Å². The maximum atomic E-state index is 13.0. The number of aromatic nitrogens is 3. The van der Waals surface area contributed by atoms with E-state index in [4.69, 9.17) is 0 Å². The largest absolute Gasteiger partial charge is 0.325 e. The summed E-state index contributed by atoms with van der Waals surface area (Å²) in [5, 5.41) is 12.5. The Kier molecular flexibility index (Phi) is 6.95. The van der Waals surface area contributed by atoms with Gasteiger partial charge in [0.05, 0.1) is 24.3 Å². The van der Waals surface area contributed by atoms with Gasteiger partial charge in [-0.2, -0.15) is 0 Å². The molecule has 1 amide bonds. The van der Waals surface area contributed by atoms with Crippen LogP contribution in [-0.2, 0) is 11.3 Å². The normalized spacial score (nSPS) is 16.0. The number of hydrogen-bond donors (Lipinski definition) is 1. The second kappa shape index (κ2) is 9.89. The number of rotatable bonds is 9. The van der Waals surface area contributed by atoms with Crippen molar-refractivity contribution in [2.24, 2.45) is 0 Å². The average molecular weight is 464 g/mol. The molecule has 2 aromatic carbocycles. The van der Waals surface area contributed by atoms with Crippen molar-refractivity contribution in [1.29, 1.82) is 0 Å². The molecule has 1 aromatic heterocycles. The summed E-state index contributed by atoms with van der Waals surface area (Å²) in [7, 11) is 4.08. The van der Waals surface area contributed by atoms with Crippen molar-refractivity contribution in [1.82, 2.24) is 19.7 Å². The first-order chi connectivity index (χ1) is 15.9. The molecule has 0 aliphatic carbocycles. The highest BCUT2D eigenvalue weighted by Gasteiger charge is 2.27. The third kappa shape index (κ3) is 4.86. The minimum absolute atomic E-state index is 0.00445. The Balaban J connectivity index is 1.56. The van der Waals surface area contributed by atoms with E-state index in [1.165, 1.54) is 11.8 Å². The third-order valence-electron chi connectivity index (χ3n) is 6.06. The number of benzene rings is 2. The van der Waals surface area contributed by atoms with E-state index in [0.29, 0.717) is 12.1 Å². The number of amides is 1. The van der Waals surface area contributed by atoms with Crippen LogP contribution >= 0.6 is 11.8 Å². The van der Waals surface area contributed by atoms with Gasteiger partial charge in [-0.25, -0.2) is 0 Å². The second-order valence-electron chi connectivity index (χ2n) is 8.52. The van der Waals surface area contributed by atoms with E-state index in [1.807, 2.05) is 51.4 Å². The topological polar surface area (TPSA) is 80.1 Å². The first-order valence-corrected chi connectivity index (χ1v) is 12.1. The number of ketones is 1. The van der Waals surface area contributed by atoms with Gasteiger partial charge < -0.3 is 9.88 Å². The average Bonchev–Trinajstić information content (AvgIpc) is 3.33. The van der Waals surface area contributed by atoms with E-state index in [-0.39, 0.29) is 29.4 Å². The van der Waals surface area contributed by atoms with Crippen molar-refractivity contribution >= 4 is 29.1 Å². The maximum absolute atomic E-state index is 13.0. The number of carbonyl (C=O) groups excluding carboxylic acids is 2. The lowest BCUT2D eigenvalue weighted by atomic mass is 9.99. The molecule has 0 fully saturated rings. The molecule has 33 heavy (non-hydrogen) atoms. The SMILES string of the molecule is CC[C@@H](c1nnc(SCC(=O)c2ccc3c(c2)[C@H](C)C(=O)N3)n1Cc1ccccc1)N(C)C. The number of nitrogens with zero attached hydrogens (tertiary/aromatic N) is 4. The number of anilines is 1. The zero-order valence-corrected chi connectivity index (χ0v) is 20.2. The predicted octanol–water partition coefficient (Wildman–Crippen LogP) is 4.37. The number of fused-ring (bicyclic) bond motifs is 1. The molecule has 172 valence electrons. The van der Waals surface area contributed by atoms with Crippen LogP contribution in [-0.4, -0.2) is 51.2 Å². The molecule has 0 spiro atoms. The molecule has 0 radical (unpaired) electrons. The molecule has 1 aliphatic heterocycles. The minimum atomic E-state index is -0.242. The van der Waals surface area contributed by atoms with Gasteiger partial charge in [0.2, 0.25) is 5.91 Å². The molecule has 2 atom stereocenters. The van der Waals surface area contributed by atoms with Crippen LogP contribution in [0.1, 0.15) is 59.5 Å². The molecule has 4 rings (SSSR count). The second-order valence-corrected chi connectivity index (χ2v) is 9.47. The zero-order chi connectivity index (χ0) is 23.5. The Morgan fingerprint density at radius 2 is 1.94 bits per heavy atom. The molecule has 0 unspecified atom stereocenters. The monoisotopic (exact) mass is 463 g/mol. The molecule has 0 saturated heterocycles. The van der Waals surface area contributed by atoms with Gasteiger partial charge in [0.25, 0.3) is 0 Å². The minimum Gasteiger partial charge on any atom is -0.325 e. The standard InChI is InChI=1S/C25H29N5O2S/c1-5-21(29(3)4)23-27-28-25(30(23)14-17-9-7-6-8-10-17)33-15-22(31)18-11-12-20-19(13-18)16(2)24(32)26-20/h6-13,16,21H,5,14-15H2,1-4H3,(H,26,32)/t16-,21-/m0/s1. The van der Waals surface area contributed by atoms with Gasteiger partial charge in [-0.05, 0) is 56.8 Å². The van der Waals surface area contributed by atoms with Gasteiger partial charge in [0, 0.05) is 11.3 Å². The van der Waals surface area contributed by atoms with Crippen molar-refractivity contribution in [2.75, 3.05) is 25.2 Å². The van der Waals surface area contributed by atoms with E-state index in [2.05, 4.69) is 44.0 Å². The van der Waals surface area contributed by atoms with Crippen LogP contribution in [0.3, 0.4) is 0 Å². The zero-order valence-electron chi connectivity index (χ0n) is 19.4. The van der Waals surface area contributed by atoms with Crippen molar-refractivity contribution < 1.29 is 9.59 Å². The van der Waals surface area contributed by atoms with Crippen LogP contribution in [0.2, 0.25) is 0 Å². The van der Waals surface area contributed by atoms with Crippen molar-refractivity contribution in [3.8, 4) is 0 Å². The number of hydrogen-bond acceptors (Lipinski definition) is 6. The lowest BCUT2D eigenvalue weighted by Gasteiger charge is -2.23. The van der Waals surface area contributed by atoms with E-state index >= 15 is 0 Å². The van der Waals surface area contributed by atoms with Gasteiger partial charge >= 0.3 is 0 Å². The van der Waals surface area contributed by atoms with Crippen LogP contribution in [0.15, 0.2) is 53.7 Å². The number of carbonyl (C=O) groups is 2. The van der Waals surface area contributed by atoms with Gasteiger partial charge in [0.15, 0.2) is 16.8 Å². The number of nitrogens with one attached hydrogen (secondary N) is 1. The Labute approximate surface area is 198 Å². The van der Waals surface area contributed by atoms with Crippen LogP contribution in [0.5, 0.6) is 0 Å². The molecule has 7 nitrogen and oxygen atoms in total. The number of thioether (sulfide) groups is 1. The van der Waals surface area contributed by atoms with Crippen LogP contribution in [0, 0.1) is 0 Å². The summed E-state index contributed by atoms with van der Waals surface area (Å²) >= 11 is 1.40. The fourth-order valence-electron chi connectivity index (χ4n) is 4.15. The highest BCUT2D eigenvalue weighted by atomic mass is 32.2. The number of Topliss-reactive ketones (excluding diaryl/α,β-unsaturated/α-hetero) is 1. The van der Waals surface area contributed by atoms with Crippen LogP contribution < -0.4 is 5.32 Å². The molecular formula is C25H29N5O2S. The highest BCUT2D eigenvalue weighted by Crippen LogP contribution is 2.33. The molecule has 1 aliphatic rings. The van der Waals surface area contributed by atoms with Crippen LogP contribution in [0.4, 0.5) is 5.69 Å². The lowest BCUT2D eigenvalue weighted by molar-refractivity contribution is -0.116. The summed E-state index contributed by atoms with van der Waals surface area (Å²) in [6, 6.07) is 15.8. The quantitative estimate of drug-likeness (QED) is 0.375. The Bertz CT molecular complexity index is 1160. The fourth-order valence-corrected chi connectivity index (χ4v) is 4.99. The summed E-state index contributed by atoms with van der Waals surface area (Å²) in [6.45, 7) is 4.64. The summed E-state index contributed by atoms with van der Waals surface area (Å²) in [6.07, 6.45) is 0.906. The van der Waals surface area contributed by atoms with E-state index < -0.39 is 0 Å². The van der Waals surface area contributed by atoms with Crippen molar-refractivity contribution in [2.45, 2.75) is 43.9 Å². The maximum Gasteiger partial charge on any atom is 0.231 e. The van der Waals surface area contributed by atoms with Gasteiger partial charge in [0.1, 0.15) is 0 Å². The van der Waals surface area contributed by atoms with Crippen LogP contribution in [0.25, 0.3) is 0 Å². The third-order valence-corrected chi connectivity index (χ3v) is 7.03. The fraction of sp³-hybridized carbons (Fsp3) is 0.360. The van der Waals surface area contributed by atoms with Gasteiger partial charge in [-0.15, -0.1) is 10.2 Å². The Hall–Kier alpha value is -2.97. The predicted molar refractivity (Wildman–Crippen MR) is 131 cm³/mol. The summed E-state index contributed by atoms with van der Waals surface area (Å²) in [5.41, 5.74) is 3.43. The molecule has 2 heterocycles. The highest BCUT2D eigenvalue weighted by molar-refractivity contribution is 7.99. The summed E-state index contributed by atoms with van der Waals surface area (Å²) < 4.78 is 2.12. The molecule has 0 saturated carbocycles. The smallest absolute Gasteiger partial charge is 0.231 e. The molecule has 1 N–H and O–H groups in total. The molecular weight excluding hydrogens is 434 g/mol. The van der Waals surface area contributed by atoms with E-state index in [1.54, 1.807) is 6.07 Å². The van der Waals surface area contributed by atoms with Gasteiger partial charge in [-0.1, -0.05) is 49.0 Å². The molecule has 8 heteroatoms. The van der Waals surface area contributed by atoms with Crippen molar-refractivity contribution in [3.63, 3.8) is 0 Å². The molecule has 3 aromatic rings. The first-order valence-electron chi connectivity index (χ1n) is 11.1. The summed E-state index contributed by atoms with van der Waals surface area (Å²) in [4.78, 5) is 27.1. The Morgan fingerprint density at radius 1 is 1.18 bits per heavy atom. The molecule has 0 bridgehead atoms. The lowest BCUT2D eigenvalue weighted by Crippen LogP contribution is -2.23. The van der Waals surface area contributed by atoms with Gasteiger partial charge in [-0.3, -0.25) is 14.5 Å². The summed E-state index contributed by atoms with van der Waals surface area (Å²) in [5.74, 6) is 0.883. The van der Waals surface area contributed by atoms with E-state index in [9.17, 15) is 9.59 Å². The Morgan fingerprint density at radius 3 is 2.64 bits per heavy atom. The first kappa shape index (κ1) is 23.2. The van der Waals surface area contributed by atoms with E-state index in [0.717, 1.165) is 34.2 Å².